The molecule has 66 heavy (non-hydrogen) atoms. The van der Waals surface area contributed by atoms with Crippen molar-refractivity contribution >= 4 is 45.3 Å². The predicted octanol–water partition coefficient (Wildman–Crippen LogP) is 6.44. The second-order valence-corrected chi connectivity index (χ2v) is 19.2. The fourth-order valence-corrected chi connectivity index (χ4v) is 10.6. The third-order valence-electron chi connectivity index (χ3n) is 14.1. The second kappa shape index (κ2) is 18.3. The average Bonchev–Trinajstić information content (AvgIpc) is 3.82. The van der Waals surface area contributed by atoms with Gasteiger partial charge in [0.25, 0.3) is 5.91 Å². The first kappa shape index (κ1) is 45.7. The number of piperidine rings is 3. The zero-order valence-corrected chi connectivity index (χ0v) is 37.6. The average molecular weight is 914 g/mol. The number of para-hydroxylation sites is 1. The number of imidazole rings is 1. The molecule has 1 saturated carbocycles. The van der Waals surface area contributed by atoms with Gasteiger partial charge in [0.05, 0.1) is 40.4 Å². The Balaban J connectivity index is 0.732. The first-order valence-electron chi connectivity index (χ1n) is 23.2. The quantitative estimate of drug-likeness (QED) is 0.126. The molecule has 1 aliphatic carbocycles. The van der Waals surface area contributed by atoms with E-state index in [0.717, 1.165) is 113 Å². The van der Waals surface area contributed by atoms with Crippen LogP contribution in [-0.2, 0) is 39.7 Å². The molecule has 4 fully saturated rings. The Labute approximate surface area is 380 Å². The van der Waals surface area contributed by atoms with Gasteiger partial charge >= 0.3 is 11.9 Å². The number of aliphatic hydroxyl groups is 1. The van der Waals surface area contributed by atoms with E-state index in [-0.39, 0.29) is 47.6 Å². The molecule has 9 rings (SSSR count). The summed E-state index contributed by atoms with van der Waals surface area (Å²) in [5.41, 5.74) is 0.722. The van der Waals surface area contributed by atoms with Gasteiger partial charge < -0.3 is 20.1 Å². The number of aromatic nitrogens is 5. The molecule has 3 amide bonds. The van der Waals surface area contributed by atoms with E-state index in [1.54, 1.807) is 42.2 Å². The highest BCUT2D eigenvalue weighted by Crippen LogP contribution is 2.37. The van der Waals surface area contributed by atoms with Crippen LogP contribution in [0.15, 0.2) is 59.5 Å². The summed E-state index contributed by atoms with van der Waals surface area (Å²) in [5, 5.41) is 21.7. The van der Waals surface area contributed by atoms with Gasteiger partial charge in [-0.05, 0) is 113 Å². The third-order valence-corrected chi connectivity index (χ3v) is 14.1. The van der Waals surface area contributed by atoms with Gasteiger partial charge in [0.15, 0.2) is 0 Å². The number of rotatable bonds is 11. The number of hydrogen-bond donors (Lipinski definition) is 3. The van der Waals surface area contributed by atoms with Crippen molar-refractivity contribution in [1.82, 2.24) is 39.0 Å². The van der Waals surface area contributed by atoms with Crippen molar-refractivity contribution in [3.63, 3.8) is 0 Å². The SMILES string of the molecule is Cn1c(=O)n(C2CCC(=O)NC2=O)c2cccc(CN3CCC(OC4CCN(CC5CCC(n6cc7cc(NC(=O)c8cccc(C(F)(F)F)n8)c(C(C)(C)O)cc7n6)CC5)CC4)CC3)c21. The number of carbonyl (C=O) groups excluding carboxylic acids is 3. The number of carbonyl (C=O) groups is 3. The Hall–Kier alpha value is -5.43. The van der Waals surface area contributed by atoms with Gasteiger partial charge in [-0.3, -0.25) is 38.4 Å². The van der Waals surface area contributed by atoms with Gasteiger partial charge in [0.1, 0.15) is 17.4 Å². The number of benzene rings is 2. The highest BCUT2D eigenvalue weighted by molar-refractivity contribution is 6.04. The monoisotopic (exact) mass is 913 g/mol. The van der Waals surface area contributed by atoms with Crippen molar-refractivity contribution in [2.45, 2.75) is 121 Å². The van der Waals surface area contributed by atoms with Crippen molar-refractivity contribution in [2.24, 2.45) is 13.0 Å². The van der Waals surface area contributed by atoms with Gasteiger partial charge in [-0.2, -0.15) is 18.3 Å². The van der Waals surface area contributed by atoms with Crippen LogP contribution in [0.5, 0.6) is 0 Å². The fraction of sp³-hybridized carbons (Fsp3) is 0.542. The molecule has 0 bridgehead atoms. The van der Waals surface area contributed by atoms with Crippen LogP contribution in [0.2, 0.25) is 0 Å². The number of fused-ring (bicyclic) bond motifs is 2. The van der Waals surface area contributed by atoms with Crippen LogP contribution in [0.4, 0.5) is 18.9 Å². The molecule has 0 radical (unpaired) electrons. The smallest absolute Gasteiger partial charge is 0.386 e. The molecule has 0 spiro atoms. The molecule has 3 saturated heterocycles. The zero-order valence-electron chi connectivity index (χ0n) is 37.6. The van der Waals surface area contributed by atoms with E-state index in [1.165, 1.54) is 6.07 Å². The number of nitrogens with one attached hydrogen (secondary N) is 2. The number of nitrogens with zero attached hydrogens (tertiary/aromatic N) is 7. The van der Waals surface area contributed by atoms with Crippen LogP contribution in [0.25, 0.3) is 21.9 Å². The molecule has 2 aromatic carbocycles. The highest BCUT2D eigenvalue weighted by atomic mass is 19.4. The molecule has 3 N–H and O–H groups in total. The van der Waals surface area contributed by atoms with Gasteiger partial charge in [0, 0.05) is 75.6 Å². The number of aryl methyl sites for hydroxylation is 1. The maximum Gasteiger partial charge on any atom is 0.433 e. The molecule has 352 valence electrons. The summed E-state index contributed by atoms with van der Waals surface area (Å²) in [6.07, 6.45) is 6.25. The largest absolute Gasteiger partial charge is 0.433 e. The fourth-order valence-electron chi connectivity index (χ4n) is 10.6. The van der Waals surface area contributed by atoms with Gasteiger partial charge in [0.2, 0.25) is 11.8 Å². The topological polar surface area (TPSA) is 169 Å². The number of likely N-dealkylation sites (tertiary alicyclic amines) is 2. The molecule has 5 aromatic rings. The van der Waals surface area contributed by atoms with E-state index in [1.807, 2.05) is 29.1 Å². The summed E-state index contributed by atoms with van der Waals surface area (Å²) in [4.78, 5) is 59.5. The summed E-state index contributed by atoms with van der Waals surface area (Å²) in [6, 6.07) is 12.0. The summed E-state index contributed by atoms with van der Waals surface area (Å²) >= 11 is 0. The minimum Gasteiger partial charge on any atom is -0.386 e. The molecular formula is C48H58F3N9O6. The molecule has 6 heterocycles. The van der Waals surface area contributed by atoms with E-state index in [9.17, 15) is 37.5 Å². The normalized spacial score (nSPS) is 22.3. The lowest BCUT2D eigenvalue weighted by atomic mass is 9.85. The number of hydrogen-bond acceptors (Lipinski definition) is 10. The Kier molecular flexibility index (Phi) is 12.7. The predicted molar refractivity (Wildman–Crippen MR) is 241 cm³/mol. The van der Waals surface area contributed by atoms with Crippen LogP contribution in [-0.4, -0.2) is 101 Å². The van der Waals surface area contributed by atoms with E-state index in [0.29, 0.717) is 35.5 Å². The van der Waals surface area contributed by atoms with Crippen LogP contribution in [0.3, 0.4) is 0 Å². The summed E-state index contributed by atoms with van der Waals surface area (Å²) < 4.78 is 51.7. The number of pyridine rings is 1. The van der Waals surface area contributed by atoms with Crippen LogP contribution in [0, 0.1) is 5.92 Å². The molecule has 4 aliphatic rings. The van der Waals surface area contributed by atoms with Gasteiger partial charge in [-0.15, -0.1) is 0 Å². The molecule has 1 unspecified atom stereocenters. The number of imide groups is 1. The van der Waals surface area contributed by atoms with Crippen molar-refractivity contribution in [3.05, 3.63) is 87.7 Å². The highest BCUT2D eigenvalue weighted by Gasteiger charge is 2.35. The molecule has 18 heteroatoms. The number of anilines is 1. The third kappa shape index (κ3) is 9.69. The molecule has 15 nitrogen and oxygen atoms in total. The number of alkyl halides is 3. The molecule has 1 atom stereocenters. The maximum absolute atomic E-state index is 13.4. The Bertz CT molecular complexity index is 2680. The summed E-state index contributed by atoms with van der Waals surface area (Å²) in [7, 11) is 1.75. The standard InChI is InChI=1S/C48H58F3N9O6/c1-47(2,65)35-25-37-31(24-38(35)53-44(62)36-7-5-9-41(52-36)48(49,50)51)28-59(55-37)32-12-10-29(11-13-32)26-57-20-16-33(17-21-57)66-34-18-22-58(23-19-34)27-30-6-4-8-39-43(30)56(3)46(64)60(39)40-14-15-42(61)54-45(40)63/h4-9,24-25,28-29,32-34,40,65H,10-23,26-27H2,1-3H3,(H,53,62)(H,54,61,63). The summed E-state index contributed by atoms with van der Waals surface area (Å²) in [5.74, 6) is -0.965. The summed E-state index contributed by atoms with van der Waals surface area (Å²) in [6.45, 7) is 8.73. The van der Waals surface area contributed by atoms with Crippen molar-refractivity contribution in [1.29, 1.82) is 0 Å². The number of amides is 3. The van der Waals surface area contributed by atoms with E-state index >= 15 is 0 Å². The molecular weight excluding hydrogens is 856 g/mol. The zero-order chi connectivity index (χ0) is 46.5. The van der Waals surface area contributed by atoms with Crippen molar-refractivity contribution in [3.8, 4) is 0 Å². The maximum atomic E-state index is 13.4. The first-order chi connectivity index (χ1) is 31.5. The van der Waals surface area contributed by atoms with Crippen molar-refractivity contribution in [2.75, 3.05) is 38.0 Å². The van der Waals surface area contributed by atoms with Crippen LogP contribution in [0.1, 0.15) is 117 Å². The second-order valence-electron chi connectivity index (χ2n) is 19.2. The van der Waals surface area contributed by atoms with Crippen LogP contribution < -0.4 is 16.3 Å². The Morgan fingerprint density at radius 2 is 1.58 bits per heavy atom. The molecule has 3 aromatic heterocycles. The minimum atomic E-state index is -4.69. The first-order valence-corrected chi connectivity index (χ1v) is 23.2. The lowest BCUT2D eigenvalue weighted by Crippen LogP contribution is -2.44. The minimum absolute atomic E-state index is 0.200. The van der Waals surface area contributed by atoms with E-state index in [2.05, 4.69) is 25.4 Å². The van der Waals surface area contributed by atoms with E-state index < -0.39 is 35.3 Å². The number of halogens is 3. The lowest BCUT2D eigenvalue weighted by Gasteiger charge is -2.39. The van der Waals surface area contributed by atoms with Gasteiger partial charge in [-0.25, -0.2) is 9.78 Å². The van der Waals surface area contributed by atoms with Gasteiger partial charge in [-0.1, -0.05) is 18.2 Å². The molecule has 3 aliphatic heterocycles. The van der Waals surface area contributed by atoms with Crippen LogP contribution >= 0.6 is 0 Å². The van der Waals surface area contributed by atoms with Crippen molar-refractivity contribution < 1.29 is 37.4 Å². The van der Waals surface area contributed by atoms with E-state index in [4.69, 9.17) is 9.84 Å². The lowest BCUT2D eigenvalue weighted by molar-refractivity contribution is -0.141. The Morgan fingerprint density at radius 1 is 0.894 bits per heavy atom. The number of ether oxygens (including phenoxy) is 1. The Morgan fingerprint density at radius 3 is 2.24 bits per heavy atom.